The second-order valence-corrected chi connectivity index (χ2v) is 2.70. The van der Waals surface area contributed by atoms with Crippen LogP contribution in [0, 0.1) is 5.92 Å². The van der Waals surface area contributed by atoms with E-state index < -0.39 is 24.2 Å². The van der Waals surface area contributed by atoms with Crippen LogP contribution in [-0.4, -0.2) is 19.0 Å². The van der Waals surface area contributed by atoms with Gasteiger partial charge in [-0.1, -0.05) is 6.92 Å². The molecule has 0 bridgehead atoms. The van der Waals surface area contributed by atoms with Gasteiger partial charge in [0.15, 0.2) is 0 Å². The first kappa shape index (κ1) is 10.3. The van der Waals surface area contributed by atoms with Crippen molar-refractivity contribution in [1.82, 2.24) is 0 Å². The number of hydrogen-bond acceptors (Lipinski definition) is 2. The van der Waals surface area contributed by atoms with Crippen molar-refractivity contribution in [3.05, 3.63) is 0 Å². The minimum absolute atomic E-state index is 0.459. The molecule has 2 nitrogen and oxygen atoms in total. The van der Waals surface area contributed by atoms with Crippen LogP contribution < -0.4 is 0 Å². The molecule has 0 heterocycles. The lowest BCUT2D eigenvalue weighted by Crippen LogP contribution is -2.21. The van der Waals surface area contributed by atoms with Gasteiger partial charge < -0.3 is 4.74 Å². The molecule has 0 aromatic heterocycles. The van der Waals surface area contributed by atoms with E-state index in [1.807, 2.05) is 0 Å². The summed E-state index contributed by atoms with van der Waals surface area (Å²) in [5.41, 5.74) is 0. The summed E-state index contributed by atoms with van der Waals surface area (Å²) in [6, 6.07) is 0. The molecular weight excluding hydrogens is 154 g/mol. The number of carbonyl (C=O) groups excluding carboxylic acids is 1. The largest absolute Gasteiger partial charge is 0.469 e. The quantitative estimate of drug-likeness (QED) is 0.598. The van der Waals surface area contributed by atoms with E-state index in [2.05, 4.69) is 4.74 Å². The zero-order valence-corrected chi connectivity index (χ0v) is 6.86. The predicted octanol–water partition coefficient (Wildman–Crippen LogP) is 1.84. The van der Waals surface area contributed by atoms with Crippen molar-refractivity contribution in [1.29, 1.82) is 0 Å². The zero-order chi connectivity index (χ0) is 9.07. The Kier molecular flexibility index (Phi) is 3.42. The Balaban J connectivity index is 3.87. The maximum absolute atomic E-state index is 12.3. The number of methoxy groups -OCH3 is 1. The number of hydrogen-bond donors (Lipinski definition) is 0. The molecule has 66 valence electrons. The first-order valence-electron chi connectivity index (χ1n) is 3.32. The minimum Gasteiger partial charge on any atom is -0.469 e. The number of halogens is 2. The topological polar surface area (TPSA) is 26.3 Å². The van der Waals surface area contributed by atoms with E-state index in [0.717, 1.165) is 6.92 Å². The molecule has 0 amide bonds. The van der Waals surface area contributed by atoms with Crippen molar-refractivity contribution in [2.75, 3.05) is 7.11 Å². The van der Waals surface area contributed by atoms with Crippen molar-refractivity contribution in [3.8, 4) is 0 Å². The highest BCUT2D eigenvalue weighted by molar-refractivity contribution is 5.71. The normalized spacial score (nSPS) is 14.3. The Labute approximate surface area is 64.5 Å². The third kappa shape index (κ3) is 4.70. The van der Waals surface area contributed by atoms with Crippen LogP contribution in [0.4, 0.5) is 8.78 Å². The molecule has 0 aliphatic carbocycles. The summed E-state index contributed by atoms with van der Waals surface area (Å²) in [4.78, 5) is 10.6. The summed E-state index contributed by atoms with van der Waals surface area (Å²) in [5.74, 6) is -4.13. The molecule has 0 N–H and O–H groups in total. The molecule has 0 aliphatic rings. The van der Waals surface area contributed by atoms with E-state index in [9.17, 15) is 13.6 Å². The molecule has 4 heteroatoms. The smallest absolute Gasteiger partial charge is 0.308 e. The standard InChI is InChI=1S/C7H12F2O2/c1-5(6(10)11-3)4-7(2,8)9/h5H,4H2,1-3H3. The highest BCUT2D eigenvalue weighted by atomic mass is 19.3. The Morgan fingerprint density at radius 2 is 2.09 bits per heavy atom. The van der Waals surface area contributed by atoms with Gasteiger partial charge in [0, 0.05) is 6.42 Å². The lowest BCUT2D eigenvalue weighted by atomic mass is 10.0. The van der Waals surface area contributed by atoms with Crippen LogP contribution in [0.15, 0.2) is 0 Å². The van der Waals surface area contributed by atoms with E-state index in [0.29, 0.717) is 0 Å². The summed E-state index contributed by atoms with van der Waals surface area (Å²) < 4.78 is 28.8. The highest BCUT2D eigenvalue weighted by Gasteiger charge is 2.28. The number of ether oxygens (including phenoxy) is 1. The molecule has 1 atom stereocenters. The number of alkyl halides is 2. The number of esters is 1. The fourth-order valence-corrected chi connectivity index (χ4v) is 0.822. The van der Waals surface area contributed by atoms with Gasteiger partial charge in [-0.15, -0.1) is 0 Å². The van der Waals surface area contributed by atoms with Crippen LogP contribution >= 0.6 is 0 Å². The fraction of sp³-hybridized carbons (Fsp3) is 0.857. The molecular formula is C7H12F2O2. The van der Waals surface area contributed by atoms with E-state index in [1.165, 1.54) is 14.0 Å². The Morgan fingerprint density at radius 3 is 2.36 bits per heavy atom. The average Bonchev–Trinajstić information content (AvgIpc) is 1.82. The van der Waals surface area contributed by atoms with Crippen molar-refractivity contribution in [3.63, 3.8) is 0 Å². The van der Waals surface area contributed by atoms with E-state index in [-0.39, 0.29) is 0 Å². The Hall–Kier alpha value is -0.670. The number of rotatable bonds is 3. The Morgan fingerprint density at radius 1 is 1.64 bits per heavy atom. The van der Waals surface area contributed by atoms with Crippen molar-refractivity contribution >= 4 is 5.97 Å². The summed E-state index contributed by atoms with van der Waals surface area (Å²) in [6.45, 7) is 2.20. The van der Waals surface area contributed by atoms with Crippen LogP contribution in [0.1, 0.15) is 20.3 Å². The second kappa shape index (κ2) is 3.64. The number of carbonyl (C=O) groups is 1. The first-order valence-corrected chi connectivity index (χ1v) is 3.32. The van der Waals surface area contributed by atoms with Gasteiger partial charge in [-0.05, 0) is 6.92 Å². The zero-order valence-electron chi connectivity index (χ0n) is 6.86. The molecule has 0 rings (SSSR count). The van der Waals surface area contributed by atoms with Crippen LogP contribution in [0.2, 0.25) is 0 Å². The van der Waals surface area contributed by atoms with Gasteiger partial charge in [-0.25, -0.2) is 8.78 Å². The summed E-state index contributed by atoms with van der Waals surface area (Å²) in [7, 11) is 1.19. The second-order valence-electron chi connectivity index (χ2n) is 2.70. The average molecular weight is 166 g/mol. The maximum atomic E-state index is 12.3. The summed E-state index contributed by atoms with van der Waals surface area (Å²) in [5, 5.41) is 0. The molecule has 0 spiro atoms. The molecule has 0 saturated carbocycles. The molecule has 0 fully saturated rings. The highest BCUT2D eigenvalue weighted by Crippen LogP contribution is 2.22. The van der Waals surface area contributed by atoms with E-state index in [4.69, 9.17) is 0 Å². The third-order valence-corrected chi connectivity index (χ3v) is 1.27. The van der Waals surface area contributed by atoms with Crippen LogP contribution in [0.5, 0.6) is 0 Å². The van der Waals surface area contributed by atoms with Gasteiger partial charge in [0.2, 0.25) is 5.92 Å². The molecule has 0 aromatic rings. The maximum Gasteiger partial charge on any atom is 0.308 e. The first-order chi connectivity index (χ1) is 4.87. The monoisotopic (exact) mass is 166 g/mol. The SMILES string of the molecule is COC(=O)C(C)CC(C)(F)F. The lowest BCUT2D eigenvalue weighted by molar-refractivity contribution is -0.147. The van der Waals surface area contributed by atoms with Crippen molar-refractivity contribution in [2.24, 2.45) is 5.92 Å². The predicted molar refractivity (Wildman–Crippen MR) is 36.4 cm³/mol. The van der Waals surface area contributed by atoms with Gasteiger partial charge >= 0.3 is 5.97 Å². The van der Waals surface area contributed by atoms with Gasteiger partial charge in [0.25, 0.3) is 0 Å². The van der Waals surface area contributed by atoms with Crippen LogP contribution in [0.3, 0.4) is 0 Å². The molecule has 0 aromatic carbocycles. The minimum atomic E-state index is -2.80. The Bertz CT molecular complexity index is 140. The third-order valence-electron chi connectivity index (χ3n) is 1.27. The van der Waals surface area contributed by atoms with Gasteiger partial charge in [0.1, 0.15) is 0 Å². The van der Waals surface area contributed by atoms with Gasteiger partial charge in [-0.2, -0.15) is 0 Å². The van der Waals surface area contributed by atoms with Crippen LogP contribution in [-0.2, 0) is 9.53 Å². The van der Waals surface area contributed by atoms with E-state index >= 15 is 0 Å². The van der Waals surface area contributed by atoms with Crippen molar-refractivity contribution in [2.45, 2.75) is 26.2 Å². The van der Waals surface area contributed by atoms with Gasteiger partial charge in [-0.3, -0.25) is 4.79 Å². The van der Waals surface area contributed by atoms with Crippen molar-refractivity contribution < 1.29 is 18.3 Å². The van der Waals surface area contributed by atoms with E-state index in [1.54, 1.807) is 0 Å². The summed E-state index contributed by atoms with van der Waals surface area (Å²) >= 11 is 0. The fourth-order valence-electron chi connectivity index (χ4n) is 0.822. The summed E-state index contributed by atoms with van der Waals surface area (Å²) in [6.07, 6.45) is -0.459. The molecule has 11 heavy (non-hydrogen) atoms. The molecule has 1 unspecified atom stereocenters. The van der Waals surface area contributed by atoms with Gasteiger partial charge in [0.05, 0.1) is 13.0 Å². The molecule has 0 saturated heterocycles. The molecule has 0 aliphatic heterocycles. The van der Waals surface area contributed by atoms with Crippen LogP contribution in [0.25, 0.3) is 0 Å². The molecule has 0 radical (unpaired) electrons. The lowest BCUT2D eigenvalue weighted by Gasteiger charge is -2.14.